The molecule has 0 saturated carbocycles. The number of hydrogen-bond donors (Lipinski definition) is 2. The highest BCUT2D eigenvalue weighted by Crippen LogP contribution is 2.34. The van der Waals surface area contributed by atoms with Crippen LogP contribution in [-0.4, -0.2) is 5.91 Å². The van der Waals surface area contributed by atoms with Crippen LogP contribution < -0.4 is 11.3 Å². The molecule has 3 N–H and O–H groups in total. The first-order valence-electron chi connectivity index (χ1n) is 3.71. The molecule has 0 spiro atoms. The lowest BCUT2D eigenvalue weighted by atomic mass is 10.3. The molecule has 0 radical (unpaired) electrons. The molecule has 2 aromatic heterocycles. The van der Waals surface area contributed by atoms with Crippen LogP contribution in [0.3, 0.4) is 0 Å². The van der Waals surface area contributed by atoms with E-state index in [4.69, 9.17) is 5.84 Å². The van der Waals surface area contributed by atoms with E-state index in [0.29, 0.717) is 4.88 Å². The van der Waals surface area contributed by atoms with Gasteiger partial charge in [-0.15, -0.1) is 22.7 Å². The molecule has 2 aromatic rings. The highest BCUT2D eigenvalue weighted by Gasteiger charge is 2.14. The fourth-order valence-electron chi connectivity index (χ4n) is 1.22. The van der Waals surface area contributed by atoms with Crippen molar-refractivity contribution in [3.63, 3.8) is 0 Å². The summed E-state index contributed by atoms with van der Waals surface area (Å²) < 4.78 is 2.34. The standard InChI is InChI=1S/C8H8N2OS2/c1-4-6-5(2-3-12-6)13-7(4)8(11)10-9/h2-3H,9H2,1H3,(H,10,11). The van der Waals surface area contributed by atoms with Crippen LogP contribution in [0.25, 0.3) is 9.40 Å². The Morgan fingerprint density at radius 3 is 3.00 bits per heavy atom. The van der Waals surface area contributed by atoms with Crippen LogP contribution in [0, 0.1) is 6.92 Å². The van der Waals surface area contributed by atoms with Crippen molar-refractivity contribution in [3.05, 3.63) is 21.9 Å². The van der Waals surface area contributed by atoms with Crippen LogP contribution >= 0.6 is 22.7 Å². The molecule has 5 heteroatoms. The second-order valence-corrected chi connectivity index (χ2v) is 4.61. The Labute approximate surface area is 83.1 Å². The van der Waals surface area contributed by atoms with Crippen LogP contribution in [0.1, 0.15) is 15.2 Å². The maximum Gasteiger partial charge on any atom is 0.275 e. The average molecular weight is 212 g/mol. The lowest BCUT2D eigenvalue weighted by Gasteiger charge is -1.95. The summed E-state index contributed by atoms with van der Waals surface area (Å²) in [5, 5.41) is 2.03. The molecule has 0 aliphatic rings. The number of rotatable bonds is 1. The van der Waals surface area contributed by atoms with E-state index in [1.165, 1.54) is 16.0 Å². The molecule has 68 valence electrons. The molecule has 13 heavy (non-hydrogen) atoms. The van der Waals surface area contributed by atoms with Crippen molar-refractivity contribution < 1.29 is 4.79 Å². The van der Waals surface area contributed by atoms with Gasteiger partial charge in [0, 0.05) is 9.40 Å². The zero-order valence-corrected chi connectivity index (χ0v) is 8.59. The van der Waals surface area contributed by atoms with Crippen molar-refractivity contribution in [2.24, 2.45) is 5.84 Å². The molecule has 0 unspecified atom stereocenters. The Morgan fingerprint density at radius 2 is 2.38 bits per heavy atom. The van der Waals surface area contributed by atoms with E-state index in [1.807, 2.05) is 18.4 Å². The molecule has 0 saturated heterocycles. The van der Waals surface area contributed by atoms with Crippen LogP contribution in [0.2, 0.25) is 0 Å². The van der Waals surface area contributed by atoms with Gasteiger partial charge in [0.1, 0.15) is 0 Å². The number of aryl methyl sites for hydroxylation is 1. The first-order chi connectivity index (χ1) is 6.24. The predicted octanol–water partition coefficient (Wildman–Crippen LogP) is 1.87. The zero-order valence-electron chi connectivity index (χ0n) is 6.96. The van der Waals surface area contributed by atoms with Crippen molar-refractivity contribution in [2.45, 2.75) is 6.92 Å². The van der Waals surface area contributed by atoms with Gasteiger partial charge in [0.15, 0.2) is 0 Å². The fraction of sp³-hybridized carbons (Fsp3) is 0.125. The molecule has 2 heterocycles. The third kappa shape index (κ3) is 1.25. The van der Waals surface area contributed by atoms with E-state index >= 15 is 0 Å². The van der Waals surface area contributed by atoms with E-state index in [2.05, 4.69) is 5.43 Å². The molecule has 0 aliphatic carbocycles. The molecule has 0 atom stereocenters. The number of fused-ring (bicyclic) bond motifs is 1. The van der Waals surface area contributed by atoms with Gasteiger partial charge in [0.25, 0.3) is 5.91 Å². The molecule has 2 rings (SSSR count). The van der Waals surface area contributed by atoms with Gasteiger partial charge in [-0.2, -0.15) is 0 Å². The van der Waals surface area contributed by atoms with Crippen LogP contribution in [-0.2, 0) is 0 Å². The van der Waals surface area contributed by atoms with Crippen molar-refractivity contribution in [1.29, 1.82) is 0 Å². The SMILES string of the molecule is Cc1c(C(=O)NN)sc2ccsc12. The van der Waals surface area contributed by atoms with Crippen LogP contribution in [0.4, 0.5) is 0 Å². The topological polar surface area (TPSA) is 55.1 Å². The van der Waals surface area contributed by atoms with Gasteiger partial charge in [-0.25, -0.2) is 5.84 Å². The summed E-state index contributed by atoms with van der Waals surface area (Å²) in [5.74, 6) is 4.87. The van der Waals surface area contributed by atoms with Gasteiger partial charge in [-0.05, 0) is 23.9 Å². The summed E-state index contributed by atoms with van der Waals surface area (Å²) in [4.78, 5) is 12.0. The third-order valence-electron chi connectivity index (χ3n) is 1.86. The monoisotopic (exact) mass is 212 g/mol. The van der Waals surface area contributed by atoms with Crippen LogP contribution in [0.5, 0.6) is 0 Å². The Hall–Kier alpha value is -0.910. The zero-order chi connectivity index (χ0) is 9.42. The smallest absolute Gasteiger partial charge is 0.275 e. The minimum absolute atomic E-state index is 0.203. The predicted molar refractivity (Wildman–Crippen MR) is 56.1 cm³/mol. The highest BCUT2D eigenvalue weighted by atomic mass is 32.1. The van der Waals surface area contributed by atoms with E-state index in [9.17, 15) is 4.79 Å². The largest absolute Gasteiger partial charge is 0.289 e. The van der Waals surface area contributed by atoms with Gasteiger partial charge in [0.05, 0.1) is 4.88 Å². The summed E-state index contributed by atoms with van der Waals surface area (Å²) in [5.41, 5.74) is 3.17. The molecule has 0 aromatic carbocycles. The summed E-state index contributed by atoms with van der Waals surface area (Å²) in [6.07, 6.45) is 0. The Morgan fingerprint density at radius 1 is 1.62 bits per heavy atom. The first kappa shape index (κ1) is 8.68. The summed E-state index contributed by atoms with van der Waals surface area (Å²) in [6, 6.07) is 2.02. The Bertz CT molecular complexity index is 458. The van der Waals surface area contributed by atoms with Crippen molar-refractivity contribution in [1.82, 2.24) is 5.43 Å². The quantitative estimate of drug-likeness (QED) is 0.431. The number of hydrogen-bond acceptors (Lipinski definition) is 4. The van der Waals surface area contributed by atoms with E-state index < -0.39 is 0 Å². The summed E-state index contributed by atoms with van der Waals surface area (Å²) in [6.45, 7) is 1.94. The Balaban J connectivity index is 2.64. The second-order valence-electron chi connectivity index (χ2n) is 2.64. The fourth-order valence-corrected chi connectivity index (χ4v) is 3.45. The molecular formula is C8H8N2OS2. The van der Waals surface area contributed by atoms with Gasteiger partial charge in [0.2, 0.25) is 0 Å². The minimum atomic E-state index is -0.203. The minimum Gasteiger partial charge on any atom is -0.289 e. The maximum absolute atomic E-state index is 11.3. The van der Waals surface area contributed by atoms with Crippen molar-refractivity contribution in [3.8, 4) is 0 Å². The summed E-state index contributed by atoms with van der Waals surface area (Å²) in [7, 11) is 0. The van der Waals surface area contributed by atoms with Gasteiger partial charge in [-0.3, -0.25) is 10.2 Å². The first-order valence-corrected chi connectivity index (χ1v) is 5.41. The van der Waals surface area contributed by atoms with E-state index in [1.54, 1.807) is 11.3 Å². The summed E-state index contributed by atoms with van der Waals surface area (Å²) >= 11 is 3.13. The number of nitrogens with one attached hydrogen (secondary N) is 1. The Kier molecular flexibility index (Phi) is 2.07. The number of nitrogens with two attached hydrogens (primary N) is 1. The number of thiophene rings is 2. The highest BCUT2D eigenvalue weighted by molar-refractivity contribution is 7.28. The number of carbonyl (C=O) groups is 1. The van der Waals surface area contributed by atoms with E-state index in [-0.39, 0.29) is 5.91 Å². The number of carbonyl (C=O) groups excluding carboxylic acids is 1. The molecule has 0 bridgehead atoms. The normalized spacial score (nSPS) is 10.6. The lowest BCUT2D eigenvalue weighted by Crippen LogP contribution is -2.29. The molecule has 1 amide bonds. The van der Waals surface area contributed by atoms with E-state index in [0.717, 1.165) is 10.3 Å². The average Bonchev–Trinajstić information content (AvgIpc) is 2.68. The second kappa shape index (κ2) is 3.10. The van der Waals surface area contributed by atoms with Crippen molar-refractivity contribution in [2.75, 3.05) is 0 Å². The lowest BCUT2D eigenvalue weighted by molar-refractivity contribution is 0.0957. The molecular weight excluding hydrogens is 204 g/mol. The van der Waals surface area contributed by atoms with Crippen LogP contribution in [0.15, 0.2) is 11.4 Å². The van der Waals surface area contributed by atoms with Gasteiger partial charge < -0.3 is 0 Å². The molecule has 0 aliphatic heterocycles. The number of nitrogen functional groups attached to an aromatic ring is 1. The third-order valence-corrected chi connectivity index (χ3v) is 4.28. The van der Waals surface area contributed by atoms with Gasteiger partial charge in [-0.1, -0.05) is 0 Å². The maximum atomic E-state index is 11.3. The number of amides is 1. The molecule has 3 nitrogen and oxygen atoms in total. The molecule has 0 fully saturated rings. The number of hydrazine groups is 1. The van der Waals surface area contributed by atoms with Gasteiger partial charge >= 0.3 is 0 Å². The van der Waals surface area contributed by atoms with Crippen molar-refractivity contribution >= 4 is 38.0 Å².